The SMILES string of the molecule is CN(C(=O)c1ccc(F)cc1F)C(c1ccccc1)c1ccc(F)cc1. The van der Waals surface area contributed by atoms with Crippen LogP contribution in [0.3, 0.4) is 0 Å². The normalized spacial score (nSPS) is 11.8. The minimum absolute atomic E-state index is 0.225. The Balaban J connectivity index is 2.03. The fraction of sp³-hybridized carbons (Fsp3) is 0.0952. The quantitative estimate of drug-likeness (QED) is 0.647. The van der Waals surface area contributed by atoms with Crippen LogP contribution in [0.4, 0.5) is 13.2 Å². The van der Waals surface area contributed by atoms with E-state index in [1.54, 1.807) is 12.1 Å². The van der Waals surface area contributed by atoms with E-state index in [1.807, 2.05) is 30.3 Å². The molecule has 3 rings (SSSR count). The predicted molar refractivity (Wildman–Crippen MR) is 93.1 cm³/mol. The molecule has 0 heterocycles. The molecule has 0 aliphatic rings. The first-order chi connectivity index (χ1) is 12.5. The third kappa shape index (κ3) is 3.61. The van der Waals surface area contributed by atoms with Gasteiger partial charge in [-0.25, -0.2) is 13.2 Å². The van der Waals surface area contributed by atoms with Crippen molar-refractivity contribution < 1.29 is 18.0 Å². The molecule has 5 heteroatoms. The number of nitrogens with zero attached hydrogens (tertiary/aromatic N) is 1. The highest BCUT2D eigenvalue weighted by Crippen LogP contribution is 2.29. The van der Waals surface area contributed by atoms with Crippen molar-refractivity contribution in [2.24, 2.45) is 0 Å². The lowest BCUT2D eigenvalue weighted by molar-refractivity contribution is 0.0750. The standard InChI is InChI=1S/C21H16F3NO/c1-25(21(26)18-12-11-17(23)13-19(18)24)20(14-5-3-2-4-6-14)15-7-9-16(22)10-8-15/h2-13,20H,1H3. The third-order valence-electron chi connectivity index (χ3n) is 4.17. The summed E-state index contributed by atoms with van der Waals surface area (Å²) in [4.78, 5) is 14.2. The molecule has 0 spiro atoms. The fourth-order valence-corrected chi connectivity index (χ4v) is 2.89. The molecule has 1 amide bonds. The highest BCUT2D eigenvalue weighted by atomic mass is 19.1. The number of hydrogen-bond donors (Lipinski definition) is 0. The van der Waals surface area contributed by atoms with E-state index in [1.165, 1.54) is 24.1 Å². The van der Waals surface area contributed by atoms with E-state index < -0.39 is 23.6 Å². The average Bonchev–Trinajstić information content (AvgIpc) is 2.64. The first-order valence-corrected chi connectivity index (χ1v) is 8.00. The van der Waals surface area contributed by atoms with Crippen molar-refractivity contribution in [2.45, 2.75) is 6.04 Å². The van der Waals surface area contributed by atoms with Crippen molar-refractivity contribution in [1.29, 1.82) is 0 Å². The van der Waals surface area contributed by atoms with Crippen LogP contribution in [0.1, 0.15) is 27.5 Å². The zero-order chi connectivity index (χ0) is 18.7. The fourth-order valence-electron chi connectivity index (χ4n) is 2.89. The predicted octanol–water partition coefficient (Wildman–Crippen LogP) is 4.97. The molecule has 0 bridgehead atoms. The number of benzene rings is 3. The Hall–Kier alpha value is -3.08. The second-order valence-corrected chi connectivity index (χ2v) is 5.90. The van der Waals surface area contributed by atoms with Gasteiger partial charge < -0.3 is 4.90 Å². The van der Waals surface area contributed by atoms with Gasteiger partial charge in [-0.15, -0.1) is 0 Å². The molecule has 0 saturated carbocycles. The summed E-state index contributed by atoms with van der Waals surface area (Å²) in [6.07, 6.45) is 0. The molecule has 3 aromatic carbocycles. The topological polar surface area (TPSA) is 20.3 Å². The van der Waals surface area contributed by atoms with E-state index in [0.717, 1.165) is 17.7 Å². The van der Waals surface area contributed by atoms with Gasteiger partial charge in [-0.2, -0.15) is 0 Å². The Kier molecular flexibility index (Phi) is 5.07. The summed E-state index contributed by atoms with van der Waals surface area (Å²) in [5, 5.41) is 0. The Morgan fingerprint density at radius 2 is 1.38 bits per heavy atom. The van der Waals surface area contributed by atoms with Gasteiger partial charge >= 0.3 is 0 Å². The van der Waals surface area contributed by atoms with Crippen molar-refractivity contribution in [2.75, 3.05) is 7.05 Å². The molecular weight excluding hydrogens is 339 g/mol. The summed E-state index contributed by atoms with van der Waals surface area (Å²) in [6, 6.07) is 17.2. The molecule has 3 aromatic rings. The number of carbonyl (C=O) groups is 1. The van der Waals surface area contributed by atoms with Gasteiger partial charge in [0.2, 0.25) is 0 Å². The smallest absolute Gasteiger partial charge is 0.257 e. The van der Waals surface area contributed by atoms with Crippen LogP contribution in [0.5, 0.6) is 0 Å². The van der Waals surface area contributed by atoms with Crippen LogP contribution < -0.4 is 0 Å². The molecule has 0 saturated heterocycles. The molecule has 1 unspecified atom stereocenters. The van der Waals surface area contributed by atoms with E-state index in [2.05, 4.69) is 0 Å². The molecule has 132 valence electrons. The van der Waals surface area contributed by atoms with Crippen LogP contribution in [0.15, 0.2) is 72.8 Å². The maximum atomic E-state index is 14.0. The Labute approximate surface area is 149 Å². The van der Waals surface area contributed by atoms with Crippen molar-refractivity contribution in [1.82, 2.24) is 4.90 Å². The Bertz CT molecular complexity index is 910. The van der Waals surface area contributed by atoms with Gasteiger partial charge in [0.15, 0.2) is 0 Å². The lowest BCUT2D eigenvalue weighted by atomic mass is 9.96. The summed E-state index contributed by atoms with van der Waals surface area (Å²) >= 11 is 0. The van der Waals surface area contributed by atoms with Crippen LogP contribution in [0.2, 0.25) is 0 Å². The van der Waals surface area contributed by atoms with Gasteiger partial charge in [0.1, 0.15) is 17.5 Å². The van der Waals surface area contributed by atoms with Crippen molar-refractivity contribution in [3.05, 3.63) is 107 Å². The molecule has 0 N–H and O–H groups in total. The second kappa shape index (κ2) is 7.44. The van der Waals surface area contributed by atoms with Crippen molar-refractivity contribution in [3.63, 3.8) is 0 Å². The molecule has 0 radical (unpaired) electrons. The van der Waals surface area contributed by atoms with Crippen molar-refractivity contribution in [3.8, 4) is 0 Å². The summed E-state index contributed by atoms with van der Waals surface area (Å²) in [7, 11) is 1.53. The lowest BCUT2D eigenvalue weighted by Gasteiger charge is -2.29. The van der Waals surface area contributed by atoms with Gasteiger partial charge in [0, 0.05) is 13.1 Å². The molecule has 1 atom stereocenters. The maximum absolute atomic E-state index is 14.0. The van der Waals surface area contributed by atoms with Crippen LogP contribution in [0.25, 0.3) is 0 Å². The van der Waals surface area contributed by atoms with E-state index >= 15 is 0 Å². The summed E-state index contributed by atoms with van der Waals surface area (Å²) in [6.45, 7) is 0. The summed E-state index contributed by atoms with van der Waals surface area (Å²) in [5.74, 6) is -2.66. The number of rotatable bonds is 4. The molecule has 0 aromatic heterocycles. The van der Waals surface area contributed by atoms with Gasteiger partial charge in [-0.3, -0.25) is 4.79 Å². The first kappa shape index (κ1) is 17.7. The minimum atomic E-state index is -0.923. The van der Waals surface area contributed by atoms with E-state index in [0.29, 0.717) is 11.6 Å². The van der Waals surface area contributed by atoms with Gasteiger partial charge in [-0.1, -0.05) is 42.5 Å². The van der Waals surface area contributed by atoms with Crippen LogP contribution in [0, 0.1) is 17.5 Å². The molecular formula is C21H16F3NO. The second-order valence-electron chi connectivity index (χ2n) is 5.90. The molecule has 26 heavy (non-hydrogen) atoms. The van der Waals surface area contributed by atoms with E-state index in [4.69, 9.17) is 0 Å². The average molecular weight is 355 g/mol. The van der Waals surface area contributed by atoms with Crippen LogP contribution in [-0.2, 0) is 0 Å². The van der Waals surface area contributed by atoms with E-state index in [9.17, 15) is 18.0 Å². The van der Waals surface area contributed by atoms with Gasteiger partial charge in [0.05, 0.1) is 11.6 Å². The van der Waals surface area contributed by atoms with Gasteiger partial charge in [0.25, 0.3) is 5.91 Å². The molecule has 0 fully saturated rings. The first-order valence-electron chi connectivity index (χ1n) is 8.00. The minimum Gasteiger partial charge on any atom is -0.330 e. The molecule has 0 aliphatic carbocycles. The summed E-state index contributed by atoms with van der Waals surface area (Å²) in [5.41, 5.74) is 1.24. The van der Waals surface area contributed by atoms with Crippen molar-refractivity contribution >= 4 is 5.91 Å². The maximum Gasteiger partial charge on any atom is 0.257 e. The Morgan fingerprint density at radius 1 is 0.808 bits per heavy atom. The highest BCUT2D eigenvalue weighted by molar-refractivity contribution is 5.94. The molecule has 0 aliphatic heterocycles. The zero-order valence-electron chi connectivity index (χ0n) is 14.0. The Morgan fingerprint density at radius 3 is 2.00 bits per heavy atom. The summed E-state index contributed by atoms with van der Waals surface area (Å²) < 4.78 is 40.5. The number of halogens is 3. The van der Waals surface area contributed by atoms with Gasteiger partial charge in [-0.05, 0) is 35.4 Å². The number of carbonyl (C=O) groups excluding carboxylic acids is 1. The number of hydrogen-bond acceptors (Lipinski definition) is 1. The number of amides is 1. The lowest BCUT2D eigenvalue weighted by Crippen LogP contribution is -2.32. The zero-order valence-corrected chi connectivity index (χ0v) is 14.0. The van der Waals surface area contributed by atoms with E-state index in [-0.39, 0.29) is 11.4 Å². The highest BCUT2D eigenvalue weighted by Gasteiger charge is 2.26. The van der Waals surface area contributed by atoms with Crippen LogP contribution >= 0.6 is 0 Å². The molecule has 2 nitrogen and oxygen atoms in total. The third-order valence-corrected chi connectivity index (χ3v) is 4.17. The van der Waals surface area contributed by atoms with Crippen LogP contribution in [-0.4, -0.2) is 17.9 Å². The monoisotopic (exact) mass is 355 g/mol. The largest absolute Gasteiger partial charge is 0.330 e.